The minimum Gasteiger partial charge on any atom is -0.451 e. The van der Waals surface area contributed by atoms with Gasteiger partial charge in [-0.2, -0.15) is 0 Å². The summed E-state index contributed by atoms with van der Waals surface area (Å²) in [6.07, 6.45) is 3.26. The highest BCUT2D eigenvalue weighted by molar-refractivity contribution is 6.24. The van der Waals surface area contributed by atoms with E-state index < -0.39 is 36.0 Å². The van der Waals surface area contributed by atoms with Crippen LogP contribution in [0.5, 0.6) is 0 Å². The molecule has 7 rings (SSSR count). The molecule has 6 nitrogen and oxygen atoms in total. The first-order chi connectivity index (χ1) is 20.0. The maximum absolute atomic E-state index is 14.4. The monoisotopic (exact) mass is 540 g/mol. The van der Waals surface area contributed by atoms with Crippen molar-refractivity contribution in [2.45, 2.75) is 25.1 Å². The molecule has 0 bridgehead atoms. The maximum Gasteiger partial charge on any atom is 0.330 e. The zero-order valence-corrected chi connectivity index (χ0v) is 22.5. The van der Waals surface area contributed by atoms with Gasteiger partial charge in [-0.25, -0.2) is 9.69 Å². The zero-order chi connectivity index (χ0) is 28.1. The van der Waals surface area contributed by atoms with E-state index >= 15 is 0 Å². The van der Waals surface area contributed by atoms with Crippen molar-refractivity contribution < 1.29 is 19.1 Å². The number of carbonyl (C=O) groups is 3. The van der Waals surface area contributed by atoms with Crippen LogP contribution in [0, 0.1) is 18.8 Å². The Morgan fingerprint density at radius 3 is 1.98 bits per heavy atom. The highest BCUT2D eigenvalue weighted by Crippen LogP contribution is 2.49. The predicted molar refractivity (Wildman–Crippen MR) is 157 cm³/mol. The molecule has 202 valence electrons. The third kappa shape index (κ3) is 4.06. The number of carbonyl (C=O) groups excluding carboxylic acids is 3. The SMILES string of the molecule is Cc1ccc(N2C(=O)[C@@H]3[C@@H](C2=O)[C@@H](C(=O)OC(c2ccccc2)c2ccccc2)N2c4ccccc4C=C[C@H]32)cc1. The van der Waals surface area contributed by atoms with E-state index in [-0.39, 0.29) is 11.8 Å². The number of para-hydroxylation sites is 1. The third-order valence-corrected chi connectivity index (χ3v) is 8.39. The Balaban J connectivity index is 1.32. The average molecular weight is 541 g/mol. The lowest BCUT2D eigenvalue weighted by molar-refractivity contribution is -0.151. The van der Waals surface area contributed by atoms with Crippen LogP contribution in [0.25, 0.3) is 6.08 Å². The van der Waals surface area contributed by atoms with Gasteiger partial charge >= 0.3 is 5.97 Å². The largest absolute Gasteiger partial charge is 0.451 e. The van der Waals surface area contributed by atoms with E-state index in [0.29, 0.717) is 5.69 Å². The molecular formula is C35H28N2O4. The molecule has 3 heterocycles. The number of nitrogens with zero attached hydrogens (tertiary/aromatic N) is 2. The van der Waals surface area contributed by atoms with Crippen LogP contribution in [-0.4, -0.2) is 29.9 Å². The van der Waals surface area contributed by atoms with Gasteiger partial charge in [-0.15, -0.1) is 0 Å². The Kier molecular flexibility index (Phi) is 6.04. The Bertz CT molecular complexity index is 1630. The molecule has 4 atom stereocenters. The first-order valence-corrected chi connectivity index (χ1v) is 13.8. The van der Waals surface area contributed by atoms with Crippen molar-refractivity contribution in [1.82, 2.24) is 0 Å². The van der Waals surface area contributed by atoms with Crippen LogP contribution in [0.4, 0.5) is 11.4 Å². The standard InChI is InChI=1S/C35H28N2O4/c1-22-16-19-26(20-17-22)36-33(38)29-28-21-18-23-10-8-9-15-27(23)37(28)31(30(29)34(36)39)35(40)41-32(24-11-4-2-5-12-24)25-13-6-3-7-14-25/h2-21,28-32H,1H3/t28-,29+,30-,31+/m1/s1. The summed E-state index contributed by atoms with van der Waals surface area (Å²) >= 11 is 0. The summed E-state index contributed by atoms with van der Waals surface area (Å²) in [4.78, 5) is 45.7. The number of anilines is 2. The van der Waals surface area contributed by atoms with Crippen molar-refractivity contribution in [3.63, 3.8) is 0 Å². The number of amides is 2. The van der Waals surface area contributed by atoms with Gasteiger partial charge in [0.05, 0.1) is 23.6 Å². The normalized spacial score (nSPS) is 22.5. The molecule has 3 aliphatic heterocycles. The van der Waals surface area contributed by atoms with Gasteiger partial charge in [0.1, 0.15) is 6.04 Å². The lowest BCUT2D eigenvalue weighted by Crippen LogP contribution is -2.49. The van der Waals surface area contributed by atoms with Crippen molar-refractivity contribution in [3.05, 3.63) is 138 Å². The first kappa shape index (κ1) is 25.0. The lowest BCUT2D eigenvalue weighted by atomic mass is 9.88. The Labute approximate surface area is 238 Å². The average Bonchev–Trinajstić information content (AvgIpc) is 3.49. The fourth-order valence-corrected chi connectivity index (χ4v) is 6.50. The van der Waals surface area contributed by atoms with Crippen LogP contribution in [-0.2, 0) is 19.1 Å². The Morgan fingerprint density at radius 1 is 0.732 bits per heavy atom. The minimum absolute atomic E-state index is 0.291. The molecular weight excluding hydrogens is 512 g/mol. The molecule has 2 amide bonds. The van der Waals surface area contributed by atoms with Gasteiger partial charge in [0.15, 0.2) is 6.10 Å². The van der Waals surface area contributed by atoms with Gasteiger partial charge in [-0.1, -0.05) is 109 Å². The van der Waals surface area contributed by atoms with Crippen LogP contribution in [0.15, 0.2) is 115 Å². The maximum atomic E-state index is 14.4. The number of imide groups is 1. The van der Waals surface area contributed by atoms with E-state index in [2.05, 4.69) is 0 Å². The second-order valence-corrected chi connectivity index (χ2v) is 10.8. The molecule has 0 aromatic heterocycles. The summed E-state index contributed by atoms with van der Waals surface area (Å²) in [6, 6.07) is 32.8. The Morgan fingerprint density at radius 2 is 1.32 bits per heavy atom. The van der Waals surface area contributed by atoms with E-state index in [1.165, 1.54) is 4.90 Å². The second kappa shape index (κ2) is 9.89. The number of fused-ring (bicyclic) bond motifs is 5. The molecule has 0 saturated carbocycles. The van der Waals surface area contributed by atoms with Crippen molar-refractivity contribution in [1.29, 1.82) is 0 Å². The van der Waals surface area contributed by atoms with E-state index in [0.717, 1.165) is 27.9 Å². The summed E-state index contributed by atoms with van der Waals surface area (Å²) in [7, 11) is 0. The zero-order valence-electron chi connectivity index (χ0n) is 22.5. The number of aryl methyl sites for hydroxylation is 1. The smallest absolute Gasteiger partial charge is 0.330 e. The molecule has 41 heavy (non-hydrogen) atoms. The summed E-state index contributed by atoms with van der Waals surface area (Å²) in [6.45, 7) is 1.95. The quantitative estimate of drug-likeness (QED) is 0.239. The van der Waals surface area contributed by atoms with E-state index in [9.17, 15) is 14.4 Å². The number of ether oxygens (including phenoxy) is 1. The van der Waals surface area contributed by atoms with Crippen LogP contribution >= 0.6 is 0 Å². The fourth-order valence-electron chi connectivity index (χ4n) is 6.50. The number of hydrogen-bond acceptors (Lipinski definition) is 5. The van der Waals surface area contributed by atoms with Crippen molar-refractivity contribution in [3.8, 4) is 0 Å². The number of hydrogen-bond donors (Lipinski definition) is 0. The molecule has 0 aliphatic carbocycles. The van der Waals surface area contributed by atoms with Gasteiger partial charge in [0, 0.05) is 5.69 Å². The molecule has 0 spiro atoms. The summed E-state index contributed by atoms with van der Waals surface area (Å²) in [5.41, 5.74) is 4.94. The molecule has 4 aromatic carbocycles. The fraction of sp³-hybridized carbons (Fsp3) is 0.171. The lowest BCUT2D eigenvalue weighted by Gasteiger charge is -2.36. The second-order valence-electron chi connectivity index (χ2n) is 10.8. The van der Waals surface area contributed by atoms with Crippen molar-refractivity contribution in [2.75, 3.05) is 9.80 Å². The number of rotatable bonds is 5. The summed E-state index contributed by atoms with van der Waals surface area (Å²) in [5.74, 6) is -2.79. The van der Waals surface area contributed by atoms with Gasteiger partial charge < -0.3 is 9.64 Å². The molecule has 3 aliphatic rings. The van der Waals surface area contributed by atoms with Crippen LogP contribution in [0.1, 0.15) is 28.4 Å². The van der Waals surface area contributed by atoms with E-state index in [1.54, 1.807) is 12.1 Å². The van der Waals surface area contributed by atoms with Crippen LogP contribution in [0.3, 0.4) is 0 Å². The summed E-state index contributed by atoms with van der Waals surface area (Å²) in [5, 5.41) is 0. The number of benzene rings is 4. The van der Waals surface area contributed by atoms with Crippen molar-refractivity contribution >= 4 is 35.2 Å². The molecule has 0 unspecified atom stereocenters. The molecule has 6 heteroatoms. The van der Waals surface area contributed by atoms with E-state index in [1.807, 2.05) is 121 Å². The topological polar surface area (TPSA) is 66.9 Å². The van der Waals surface area contributed by atoms with Gasteiger partial charge in [-0.05, 0) is 41.8 Å². The van der Waals surface area contributed by atoms with Gasteiger partial charge in [0.2, 0.25) is 11.8 Å². The summed E-state index contributed by atoms with van der Waals surface area (Å²) < 4.78 is 6.33. The third-order valence-electron chi connectivity index (χ3n) is 8.39. The van der Waals surface area contributed by atoms with Crippen LogP contribution in [0.2, 0.25) is 0 Å². The molecule has 0 radical (unpaired) electrons. The van der Waals surface area contributed by atoms with Gasteiger partial charge in [0.25, 0.3) is 0 Å². The Hall–Kier alpha value is -4.97. The van der Waals surface area contributed by atoms with E-state index in [4.69, 9.17) is 4.74 Å². The van der Waals surface area contributed by atoms with Crippen molar-refractivity contribution in [2.24, 2.45) is 11.8 Å². The molecule has 2 saturated heterocycles. The molecule has 2 fully saturated rings. The first-order valence-electron chi connectivity index (χ1n) is 13.8. The van der Waals surface area contributed by atoms with Crippen LogP contribution < -0.4 is 9.80 Å². The highest BCUT2D eigenvalue weighted by Gasteiger charge is 2.65. The molecule has 0 N–H and O–H groups in total. The van der Waals surface area contributed by atoms with Gasteiger partial charge in [-0.3, -0.25) is 9.59 Å². The highest BCUT2D eigenvalue weighted by atomic mass is 16.5. The molecule has 4 aromatic rings. The minimum atomic E-state index is -0.974. The number of esters is 1. The predicted octanol–water partition coefficient (Wildman–Crippen LogP) is 5.72.